The molecule has 3 rings (SSSR count). The van der Waals surface area contributed by atoms with Crippen LogP contribution in [0.15, 0.2) is 29.6 Å². The molecule has 1 amide bonds. The van der Waals surface area contributed by atoms with Crippen LogP contribution in [-0.4, -0.2) is 30.0 Å². The number of hydrogen-bond acceptors (Lipinski definition) is 4. The minimum atomic E-state index is -0.239. The maximum absolute atomic E-state index is 13.7. The summed E-state index contributed by atoms with van der Waals surface area (Å²) in [6.45, 7) is 3.97. The lowest BCUT2D eigenvalue weighted by Crippen LogP contribution is -2.48. The van der Waals surface area contributed by atoms with E-state index >= 15 is 0 Å². The molecule has 2 heterocycles. The molecule has 2 unspecified atom stereocenters. The Morgan fingerprint density at radius 2 is 2.30 bits per heavy atom. The highest BCUT2D eigenvalue weighted by atomic mass is 32.1. The quantitative estimate of drug-likeness (QED) is 0.904. The number of benzene rings is 1. The molecule has 1 aromatic heterocycles. The van der Waals surface area contributed by atoms with Crippen molar-refractivity contribution in [1.82, 2.24) is 15.6 Å². The van der Waals surface area contributed by atoms with Crippen molar-refractivity contribution in [2.75, 3.05) is 13.1 Å². The van der Waals surface area contributed by atoms with Gasteiger partial charge in [-0.05, 0) is 37.1 Å². The molecular weight excluding hydrogens is 313 g/mol. The monoisotopic (exact) mass is 333 g/mol. The fourth-order valence-corrected chi connectivity index (χ4v) is 3.57. The van der Waals surface area contributed by atoms with Crippen LogP contribution in [0.5, 0.6) is 0 Å². The normalized spacial score (nSPS) is 21.1. The van der Waals surface area contributed by atoms with Crippen LogP contribution >= 0.6 is 11.3 Å². The Morgan fingerprint density at radius 1 is 1.48 bits per heavy atom. The first-order valence-corrected chi connectivity index (χ1v) is 8.71. The minimum absolute atomic E-state index is 0.139. The van der Waals surface area contributed by atoms with Crippen molar-refractivity contribution in [1.29, 1.82) is 0 Å². The molecule has 1 aliphatic heterocycles. The SMILES string of the molecule is CC1CNCCC1NC(=O)c1csc(Cc2ccccc2F)n1. The second-order valence-electron chi connectivity index (χ2n) is 5.94. The number of thiazole rings is 1. The number of amides is 1. The topological polar surface area (TPSA) is 54.0 Å². The number of nitrogens with one attached hydrogen (secondary N) is 2. The van der Waals surface area contributed by atoms with Crippen molar-refractivity contribution in [3.63, 3.8) is 0 Å². The van der Waals surface area contributed by atoms with E-state index in [4.69, 9.17) is 0 Å². The molecule has 2 atom stereocenters. The van der Waals surface area contributed by atoms with E-state index in [0.29, 0.717) is 23.6 Å². The highest BCUT2D eigenvalue weighted by Gasteiger charge is 2.24. The van der Waals surface area contributed by atoms with Crippen LogP contribution in [0.3, 0.4) is 0 Å². The molecule has 0 radical (unpaired) electrons. The standard InChI is InChI=1S/C17H20FN3OS/c1-11-9-19-7-6-14(11)21-17(22)15-10-23-16(20-15)8-12-4-2-3-5-13(12)18/h2-5,10-11,14,19H,6-9H2,1H3,(H,21,22). The minimum Gasteiger partial charge on any atom is -0.348 e. The third kappa shape index (κ3) is 3.95. The molecule has 4 nitrogen and oxygen atoms in total. The molecule has 2 N–H and O–H groups in total. The van der Waals surface area contributed by atoms with E-state index in [9.17, 15) is 9.18 Å². The first-order chi connectivity index (χ1) is 11.1. The smallest absolute Gasteiger partial charge is 0.270 e. The molecule has 0 aliphatic carbocycles. The number of carbonyl (C=O) groups is 1. The highest BCUT2D eigenvalue weighted by molar-refractivity contribution is 7.09. The fourth-order valence-electron chi connectivity index (χ4n) is 2.77. The Bertz CT molecular complexity index is 688. The van der Waals surface area contributed by atoms with Gasteiger partial charge in [0.1, 0.15) is 11.5 Å². The third-order valence-corrected chi connectivity index (χ3v) is 5.03. The van der Waals surface area contributed by atoms with E-state index in [1.165, 1.54) is 17.4 Å². The summed E-state index contributed by atoms with van der Waals surface area (Å²) < 4.78 is 13.7. The second kappa shape index (κ2) is 7.19. The number of piperidine rings is 1. The van der Waals surface area contributed by atoms with Crippen molar-refractivity contribution in [2.24, 2.45) is 5.92 Å². The van der Waals surface area contributed by atoms with Crippen molar-refractivity contribution in [2.45, 2.75) is 25.8 Å². The second-order valence-corrected chi connectivity index (χ2v) is 6.89. The zero-order chi connectivity index (χ0) is 16.2. The lowest BCUT2D eigenvalue weighted by molar-refractivity contribution is 0.0909. The number of aromatic nitrogens is 1. The summed E-state index contributed by atoms with van der Waals surface area (Å²) in [7, 11) is 0. The number of hydrogen-bond donors (Lipinski definition) is 2. The van der Waals surface area contributed by atoms with Gasteiger partial charge in [-0.15, -0.1) is 11.3 Å². The number of carbonyl (C=O) groups excluding carboxylic acids is 1. The van der Waals surface area contributed by atoms with Gasteiger partial charge in [-0.25, -0.2) is 9.37 Å². The molecular formula is C17H20FN3OS. The summed E-state index contributed by atoms with van der Waals surface area (Å²) >= 11 is 1.39. The van der Waals surface area contributed by atoms with Gasteiger partial charge in [-0.3, -0.25) is 4.79 Å². The summed E-state index contributed by atoms with van der Waals surface area (Å²) in [6.07, 6.45) is 1.34. The number of rotatable bonds is 4. The highest BCUT2D eigenvalue weighted by Crippen LogP contribution is 2.18. The maximum Gasteiger partial charge on any atom is 0.270 e. The van der Waals surface area contributed by atoms with E-state index in [1.54, 1.807) is 23.6 Å². The average Bonchev–Trinajstić information content (AvgIpc) is 3.01. The van der Waals surface area contributed by atoms with Crippen molar-refractivity contribution in [3.05, 3.63) is 51.7 Å². The molecule has 1 saturated heterocycles. The van der Waals surface area contributed by atoms with Crippen LogP contribution in [0, 0.1) is 11.7 Å². The van der Waals surface area contributed by atoms with Gasteiger partial charge in [0, 0.05) is 17.8 Å². The van der Waals surface area contributed by atoms with E-state index in [1.807, 2.05) is 0 Å². The summed E-state index contributed by atoms with van der Waals surface area (Å²) in [4.78, 5) is 16.7. The summed E-state index contributed by atoms with van der Waals surface area (Å²) in [5, 5.41) is 8.87. The van der Waals surface area contributed by atoms with Gasteiger partial charge in [0.05, 0.1) is 5.01 Å². The molecule has 23 heavy (non-hydrogen) atoms. The molecule has 2 aromatic rings. The van der Waals surface area contributed by atoms with Crippen molar-refractivity contribution >= 4 is 17.2 Å². The Balaban J connectivity index is 1.64. The van der Waals surface area contributed by atoms with Gasteiger partial charge < -0.3 is 10.6 Å². The lowest BCUT2D eigenvalue weighted by atomic mass is 9.95. The van der Waals surface area contributed by atoms with E-state index in [0.717, 1.165) is 24.5 Å². The van der Waals surface area contributed by atoms with Gasteiger partial charge in [-0.2, -0.15) is 0 Å². The predicted octanol–water partition coefficient (Wildman–Crippen LogP) is 2.60. The van der Waals surface area contributed by atoms with Crippen LogP contribution in [-0.2, 0) is 6.42 Å². The fraction of sp³-hybridized carbons (Fsp3) is 0.412. The van der Waals surface area contributed by atoms with Gasteiger partial charge >= 0.3 is 0 Å². The molecule has 1 fully saturated rings. The summed E-state index contributed by atoms with van der Waals surface area (Å²) in [5.74, 6) is 0.0289. The Labute approximate surface area is 139 Å². The molecule has 0 saturated carbocycles. The van der Waals surface area contributed by atoms with Crippen LogP contribution in [0.25, 0.3) is 0 Å². The molecule has 1 aromatic carbocycles. The lowest BCUT2D eigenvalue weighted by Gasteiger charge is -2.29. The number of halogens is 1. The van der Waals surface area contributed by atoms with E-state index < -0.39 is 0 Å². The van der Waals surface area contributed by atoms with Crippen LogP contribution < -0.4 is 10.6 Å². The molecule has 0 bridgehead atoms. The van der Waals surface area contributed by atoms with E-state index in [2.05, 4.69) is 22.5 Å². The first kappa shape index (κ1) is 16.1. The third-order valence-electron chi connectivity index (χ3n) is 4.19. The Hall–Kier alpha value is -1.79. The van der Waals surface area contributed by atoms with Crippen molar-refractivity contribution < 1.29 is 9.18 Å². The molecule has 122 valence electrons. The van der Waals surface area contributed by atoms with Gasteiger partial charge in [0.15, 0.2) is 0 Å². The Morgan fingerprint density at radius 3 is 3.09 bits per heavy atom. The number of nitrogens with zero attached hydrogens (tertiary/aromatic N) is 1. The first-order valence-electron chi connectivity index (χ1n) is 7.83. The predicted molar refractivity (Wildman–Crippen MR) is 89.2 cm³/mol. The zero-order valence-corrected chi connectivity index (χ0v) is 13.8. The van der Waals surface area contributed by atoms with Crippen LogP contribution in [0.1, 0.15) is 34.4 Å². The van der Waals surface area contributed by atoms with Gasteiger partial charge in [0.2, 0.25) is 0 Å². The van der Waals surface area contributed by atoms with E-state index in [-0.39, 0.29) is 17.8 Å². The Kier molecular flexibility index (Phi) is 5.03. The molecule has 6 heteroatoms. The summed E-state index contributed by atoms with van der Waals surface area (Å²) in [5.41, 5.74) is 1.02. The van der Waals surface area contributed by atoms with Gasteiger partial charge in [-0.1, -0.05) is 25.1 Å². The maximum atomic E-state index is 13.7. The van der Waals surface area contributed by atoms with Crippen LogP contribution in [0.2, 0.25) is 0 Å². The largest absolute Gasteiger partial charge is 0.348 e. The molecule has 0 spiro atoms. The summed E-state index contributed by atoms with van der Waals surface area (Å²) in [6, 6.07) is 6.83. The van der Waals surface area contributed by atoms with Crippen LogP contribution in [0.4, 0.5) is 4.39 Å². The molecule has 1 aliphatic rings. The van der Waals surface area contributed by atoms with Gasteiger partial charge in [0.25, 0.3) is 5.91 Å². The van der Waals surface area contributed by atoms with Crippen molar-refractivity contribution in [3.8, 4) is 0 Å². The zero-order valence-electron chi connectivity index (χ0n) is 13.0. The average molecular weight is 333 g/mol.